The van der Waals surface area contributed by atoms with Gasteiger partial charge >= 0.3 is 0 Å². The van der Waals surface area contributed by atoms with Gasteiger partial charge in [-0.05, 0) is 23.8 Å². The van der Waals surface area contributed by atoms with E-state index in [1.54, 1.807) is 6.07 Å². The Kier molecular flexibility index (Phi) is 4.27. The molecule has 3 N–H and O–H groups in total. The summed E-state index contributed by atoms with van der Waals surface area (Å²) in [5.41, 5.74) is 6.25. The number of rotatable bonds is 4. The Morgan fingerprint density at radius 1 is 1.32 bits per heavy atom. The highest BCUT2D eigenvalue weighted by atomic mass is 16.5. The van der Waals surface area contributed by atoms with Gasteiger partial charge in [-0.15, -0.1) is 10.2 Å². The number of carbonyl (C=O) groups excluding carboxylic acids is 1. The van der Waals surface area contributed by atoms with Crippen LogP contribution in [-0.2, 0) is 4.74 Å². The standard InChI is InChI=1S/C15H16N4O3/c16-15(20)12-4-5-14(19-18-12)22-11-3-1-2-10(8-11)13-9-17-6-7-21-13/h1-5,8,13,17H,6-7,9H2,(H2,16,20)/t13-/m0/s1. The molecule has 0 saturated carbocycles. The highest BCUT2D eigenvalue weighted by molar-refractivity contribution is 5.90. The molecule has 114 valence electrons. The average molecular weight is 300 g/mol. The Labute approximate surface area is 127 Å². The summed E-state index contributed by atoms with van der Waals surface area (Å²) in [7, 11) is 0. The largest absolute Gasteiger partial charge is 0.438 e. The van der Waals surface area contributed by atoms with Crippen molar-refractivity contribution in [2.24, 2.45) is 5.73 Å². The van der Waals surface area contributed by atoms with Gasteiger partial charge in [-0.2, -0.15) is 0 Å². The molecule has 0 radical (unpaired) electrons. The number of hydrogen-bond donors (Lipinski definition) is 2. The monoisotopic (exact) mass is 300 g/mol. The maximum atomic E-state index is 10.9. The molecule has 0 unspecified atom stereocenters. The molecule has 1 fully saturated rings. The molecule has 3 rings (SSSR count). The van der Waals surface area contributed by atoms with Gasteiger partial charge in [0.25, 0.3) is 5.91 Å². The van der Waals surface area contributed by atoms with Crippen molar-refractivity contribution < 1.29 is 14.3 Å². The first-order chi connectivity index (χ1) is 10.7. The van der Waals surface area contributed by atoms with Crippen LogP contribution in [0.15, 0.2) is 36.4 Å². The van der Waals surface area contributed by atoms with Crippen molar-refractivity contribution in [1.29, 1.82) is 0 Å². The van der Waals surface area contributed by atoms with Gasteiger partial charge in [0.15, 0.2) is 5.69 Å². The van der Waals surface area contributed by atoms with E-state index in [-0.39, 0.29) is 11.8 Å². The number of benzene rings is 1. The van der Waals surface area contributed by atoms with E-state index in [9.17, 15) is 4.79 Å². The Hall–Kier alpha value is -2.51. The summed E-state index contributed by atoms with van der Waals surface area (Å²) in [5.74, 6) is 0.306. The molecular formula is C15H16N4O3. The number of primary amides is 1. The number of morpholine rings is 1. The highest BCUT2D eigenvalue weighted by Crippen LogP contribution is 2.25. The van der Waals surface area contributed by atoms with Gasteiger partial charge in [-0.25, -0.2) is 0 Å². The molecule has 1 aromatic carbocycles. The van der Waals surface area contributed by atoms with Crippen molar-refractivity contribution in [2.75, 3.05) is 19.7 Å². The van der Waals surface area contributed by atoms with E-state index in [0.29, 0.717) is 18.2 Å². The number of ether oxygens (including phenoxy) is 2. The highest BCUT2D eigenvalue weighted by Gasteiger charge is 2.16. The predicted molar refractivity (Wildman–Crippen MR) is 78.6 cm³/mol. The summed E-state index contributed by atoms with van der Waals surface area (Å²) in [4.78, 5) is 10.9. The molecule has 1 saturated heterocycles. The molecule has 0 spiro atoms. The first-order valence-corrected chi connectivity index (χ1v) is 6.96. The maximum absolute atomic E-state index is 10.9. The molecule has 2 aromatic rings. The zero-order chi connectivity index (χ0) is 15.4. The number of nitrogens with one attached hydrogen (secondary N) is 1. The first kappa shape index (κ1) is 14.4. The van der Waals surface area contributed by atoms with Crippen LogP contribution in [0.1, 0.15) is 22.2 Å². The zero-order valence-corrected chi connectivity index (χ0v) is 11.9. The van der Waals surface area contributed by atoms with Crippen LogP contribution >= 0.6 is 0 Å². The van der Waals surface area contributed by atoms with Crippen molar-refractivity contribution >= 4 is 5.91 Å². The first-order valence-electron chi connectivity index (χ1n) is 6.96. The van der Waals surface area contributed by atoms with E-state index in [0.717, 1.165) is 18.7 Å². The predicted octanol–water partition coefficient (Wildman–Crippen LogP) is 1.03. The number of nitrogens with zero attached hydrogens (tertiary/aromatic N) is 2. The maximum Gasteiger partial charge on any atom is 0.269 e. The van der Waals surface area contributed by atoms with Gasteiger partial charge in [0.05, 0.1) is 12.7 Å². The van der Waals surface area contributed by atoms with Crippen LogP contribution in [0.4, 0.5) is 0 Å². The van der Waals surface area contributed by atoms with Crippen LogP contribution in [0.5, 0.6) is 11.6 Å². The quantitative estimate of drug-likeness (QED) is 0.875. The third kappa shape index (κ3) is 3.38. The summed E-state index contributed by atoms with van der Waals surface area (Å²) in [5, 5.41) is 10.8. The summed E-state index contributed by atoms with van der Waals surface area (Å²) < 4.78 is 11.4. The number of hydrogen-bond acceptors (Lipinski definition) is 6. The number of nitrogens with two attached hydrogens (primary N) is 1. The fourth-order valence-electron chi connectivity index (χ4n) is 2.18. The topological polar surface area (TPSA) is 99.4 Å². The SMILES string of the molecule is NC(=O)c1ccc(Oc2cccc([C@@H]3CNCCO3)c2)nn1. The molecule has 2 heterocycles. The van der Waals surface area contributed by atoms with Crippen molar-refractivity contribution in [3.63, 3.8) is 0 Å². The van der Waals surface area contributed by atoms with Crippen molar-refractivity contribution in [2.45, 2.75) is 6.10 Å². The van der Waals surface area contributed by atoms with E-state index in [1.807, 2.05) is 24.3 Å². The normalized spacial score (nSPS) is 17.9. The Morgan fingerprint density at radius 2 is 2.23 bits per heavy atom. The van der Waals surface area contributed by atoms with E-state index >= 15 is 0 Å². The lowest BCUT2D eigenvalue weighted by atomic mass is 10.1. The van der Waals surface area contributed by atoms with Gasteiger partial charge in [0.2, 0.25) is 5.88 Å². The lowest BCUT2D eigenvalue weighted by Crippen LogP contribution is -2.33. The fraction of sp³-hybridized carbons (Fsp3) is 0.267. The van der Waals surface area contributed by atoms with Crippen LogP contribution in [-0.4, -0.2) is 35.8 Å². The van der Waals surface area contributed by atoms with E-state index in [4.69, 9.17) is 15.2 Å². The molecule has 1 aliphatic heterocycles. The second-order valence-electron chi connectivity index (χ2n) is 4.86. The zero-order valence-electron chi connectivity index (χ0n) is 11.9. The van der Waals surface area contributed by atoms with E-state index in [1.165, 1.54) is 6.07 Å². The van der Waals surface area contributed by atoms with E-state index in [2.05, 4.69) is 15.5 Å². The number of aromatic nitrogens is 2. The Balaban J connectivity index is 1.73. The molecule has 1 amide bonds. The third-order valence-electron chi connectivity index (χ3n) is 3.27. The van der Waals surface area contributed by atoms with Crippen LogP contribution in [0, 0.1) is 0 Å². The lowest BCUT2D eigenvalue weighted by Gasteiger charge is -2.24. The van der Waals surface area contributed by atoms with Crippen LogP contribution < -0.4 is 15.8 Å². The molecule has 1 atom stereocenters. The van der Waals surface area contributed by atoms with E-state index < -0.39 is 5.91 Å². The summed E-state index contributed by atoms with van der Waals surface area (Å²) in [6, 6.07) is 10.6. The minimum Gasteiger partial charge on any atom is -0.438 e. The van der Waals surface area contributed by atoms with Gasteiger partial charge in [0.1, 0.15) is 5.75 Å². The van der Waals surface area contributed by atoms with Crippen molar-refractivity contribution in [3.8, 4) is 11.6 Å². The molecule has 0 bridgehead atoms. The Morgan fingerprint density at radius 3 is 2.91 bits per heavy atom. The minimum atomic E-state index is -0.622. The summed E-state index contributed by atoms with van der Waals surface area (Å²) in [6.45, 7) is 2.33. The van der Waals surface area contributed by atoms with Crippen molar-refractivity contribution in [1.82, 2.24) is 15.5 Å². The average Bonchev–Trinajstić information content (AvgIpc) is 2.56. The van der Waals surface area contributed by atoms with Gasteiger partial charge < -0.3 is 20.5 Å². The minimum absolute atomic E-state index is 0.0145. The van der Waals surface area contributed by atoms with Crippen LogP contribution in [0.25, 0.3) is 0 Å². The third-order valence-corrected chi connectivity index (χ3v) is 3.27. The van der Waals surface area contributed by atoms with Gasteiger partial charge in [0, 0.05) is 19.2 Å². The molecule has 7 nitrogen and oxygen atoms in total. The summed E-state index contributed by atoms with van der Waals surface area (Å²) in [6.07, 6.45) is 0.0145. The molecule has 7 heteroatoms. The van der Waals surface area contributed by atoms with Crippen LogP contribution in [0.3, 0.4) is 0 Å². The number of carbonyl (C=O) groups is 1. The Bertz CT molecular complexity index is 654. The second kappa shape index (κ2) is 6.50. The molecule has 1 aromatic heterocycles. The molecule has 22 heavy (non-hydrogen) atoms. The van der Waals surface area contributed by atoms with Gasteiger partial charge in [-0.1, -0.05) is 12.1 Å². The molecular weight excluding hydrogens is 284 g/mol. The lowest BCUT2D eigenvalue weighted by molar-refractivity contribution is 0.0276. The molecule has 1 aliphatic rings. The summed E-state index contributed by atoms with van der Waals surface area (Å²) >= 11 is 0. The van der Waals surface area contributed by atoms with Crippen LogP contribution in [0.2, 0.25) is 0 Å². The van der Waals surface area contributed by atoms with Crippen molar-refractivity contribution in [3.05, 3.63) is 47.7 Å². The van der Waals surface area contributed by atoms with Gasteiger partial charge in [-0.3, -0.25) is 4.79 Å². The second-order valence-corrected chi connectivity index (χ2v) is 4.86. The molecule has 0 aliphatic carbocycles. The smallest absolute Gasteiger partial charge is 0.269 e. The fourth-order valence-corrected chi connectivity index (χ4v) is 2.18. The number of amides is 1.